The molecule has 0 fully saturated rings. The van der Waals surface area contributed by atoms with Crippen LogP contribution in [0.2, 0.25) is 18.1 Å². The van der Waals surface area contributed by atoms with Gasteiger partial charge in [-0.3, -0.25) is 4.79 Å². The minimum absolute atomic E-state index is 0.157. The van der Waals surface area contributed by atoms with Gasteiger partial charge in [-0.15, -0.1) is 0 Å². The number of anilines is 2. The number of hydrogen-bond acceptors (Lipinski definition) is 7. The number of carbonyl (C=O) groups excluding carboxylic acids is 2. The van der Waals surface area contributed by atoms with Crippen LogP contribution in [-0.2, 0) is 9.16 Å². The Morgan fingerprint density at radius 2 is 1.74 bits per heavy atom. The molecule has 1 aromatic rings. The summed E-state index contributed by atoms with van der Waals surface area (Å²) in [5.74, 6) is -0.177. The van der Waals surface area contributed by atoms with Crippen LogP contribution in [0.1, 0.15) is 58.3 Å². The van der Waals surface area contributed by atoms with Crippen molar-refractivity contribution in [2.24, 2.45) is 5.73 Å². The predicted molar refractivity (Wildman–Crippen MR) is 144 cm³/mol. The third-order valence-electron chi connectivity index (χ3n) is 5.57. The van der Waals surface area contributed by atoms with Crippen molar-refractivity contribution in [3.8, 4) is 5.75 Å². The van der Waals surface area contributed by atoms with Crippen LogP contribution in [0.5, 0.6) is 5.75 Å². The van der Waals surface area contributed by atoms with E-state index in [4.69, 9.17) is 25.4 Å². The Morgan fingerprint density at radius 3 is 2.31 bits per heavy atom. The highest BCUT2D eigenvalue weighted by atomic mass is 28.4. The van der Waals surface area contributed by atoms with Crippen molar-refractivity contribution in [1.29, 1.82) is 0 Å². The van der Waals surface area contributed by atoms with Gasteiger partial charge in [0.25, 0.3) is 0 Å². The Kier molecular flexibility index (Phi) is 11.1. The number of nitrogens with one attached hydrogen (secondary N) is 2. The zero-order valence-electron chi connectivity index (χ0n) is 22.5. The zero-order chi connectivity index (χ0) is 26.9. The molecule has 0 atom stereocenters. The number of benzene rings is 1. The van der Waals surface area contributed by atoms with Crippen molar-refractivity contribution < 1.29 is 23.5 Å². The summed E-state index contributed by atoms with van der Waals surface area (Å²) in [7, 11) is -1.79. The second-order valence-electron chi connectivity index (χ2n) is 10.9. The Bertz CT molecular complexity index is 889. The number of ether oxygens (including phenoxy) is 2. The average molecular weight is 509 g/mol. The summed E-state index contributed by atoms with van der Waals surface area (Å²) in [6.45, 7) is 18.2. The molecule has 1 rings (SSSR count). The molecule has 0 aliphatic heterocycles. The molecule has 6 N–H and O–H groups in total. The average Bonchev–Trinajstić information content (AvgIpc) is 2.69. The quantitative estimate of drug-likeness (QED) is 0.139. The first-order valence-corrected chi connectivity index (χ1v) is 14.8. The molecule has 0 aliphatic carbocycles. The number of nitrogen functional groups attached to an aromatic ring is 1. The van der Waals surface area contributed by atoms with Gasteiger partial charge < -0.3 is 36.0 Å². The molecular formula is C25H44N4O5Si. The minimum Gasteiger partial charge on any atom is -0.491 e. The van der Waals surface area contributed by atoms with E-state index in [2.05, 4.69) is 44.5 Å². The van der Waals surface area contributed by atoms with E-state index in [0.717, 1.165) is 0 Å². The lowest BCUT2D eigenvalue weighted by Crippen LogP contribution is -2.40. The van der Waals surface area contributed by atoms with Gasteiger partial charge in [0.2, 0.25) is 5.91 Å². The fourth-order valence-electron chi connectivity index (χ4n) is 2.63. The molecule has 2 amide bonds. The number of amides is 2. The van der Waals surface area contributed by atoms with Crippen LogP contribution in [0.4, 0.5) is 16.2 Å². The van der Waals surface area contributed by atoms with Crippen molar-refractivity contribution in [2.45, 2.75) is 71.7 Å². The summed E-state index contributed by atoms with van der Waals surface area (Å²) < 4.78 is 17.2. The molecule has 0 bridgehead atoms. The van der Waals surface area contributed by atoms with E-state index in [0.29, 0.717) is 49.8 Å². The third-order valence-corrected chi connectivity index (χ3v) is 10.1. The Balaban J connectivity index is 2.68. The number of primary amides is 1. The zero-order valence-corrected chi connectivity index (χ0v) is 23.5. The van der Waals surface area contributed by atoms with Crippen LogP contribution in [0.25, 0.3) is 0 Å². The van der Waals surface area contributed by atoms with Crippen molar-refractivity contribution in [1.82, 2.24) is 5.32 Å². The first kappa shape index (κ1) is 30.3. The summed E-state index contributed by atoms with van der Waals surface area (Å²) in [6.07, 6.45) is 3.99. The van der Waals surface area contributed by atoms with Crippen LogP contribution < -0.4 is 26.8 Å². The lowest BCUT2D eigenvalue weighted by atomic mass is 10.1. The summed E-state index contributed by atoms with van der Waals surface area (Å²) in [5, 5.41) is 6.08. The molecule has 0 saturated carbocycles. The number of alkyl carbamates (subject to hydrolysis) is 1. The summed E-state index contributed by atoms with van der Waals surface area (Å²) in [6, 6.07) is 3.08. The normalized spacial score (nSPS) is 12.5. The van der Waals surface area contributed by atoms with Crippen LogP contribution in [0.3, 0.4) is 0 Å². The molecule has 0 radical (unpaired) electrons. The van der Waals surface area contributed by atoms with E-state index in [1.54, 1.807) is 26.8 Å². The Morgan fingerprint density at radius 1 is 1.09 bits per heavy atom. The van der Waals surface area contributed by atoms with Crippen LogP contribution in [0, 0.1) is 0 Å². The molecule has 0 unspecified atom stereocenters. The van der Waals surface area contributed by atoms with Crippen molar-refractivity contribution >= 4 is 31.7 Å². The molecule has 198 valence electrons. The first-order chi connectivity index (χ1) is 16.0. The second kappa shape index (κ2) is 12.8. The van der Waals surface area contributed by atoms with E-state index < -0.39 is 25.9 Å². The Hall–Kier alpha value is -2.72. The van der Waals surface area contributed by atoms with Gasteiger partial charge >= 0.3 is 6.09 Å². The summed E-state index contributed by atoms with van der Waals surface area (Å²) in [5.41, 5.74) is 12.2. The maximum atomic E-state index is 11.7. The summed E-state index contributed by atoms with van der Waals surface area (Å²) >= 11 is 0. The fourth-order valence-corrected chi connectivity index (χ4v) is 3.57. The number of rotatable bonds is 12. The minimum atomic E-state index is -1.79. The van der Waals surface area contributed by atoms with E-state index in [1.165, 1.54) is 6.07 Å². The molecule has 0 heterocycles. The molecule has 0 spiro atoms. The highest BCUT2D eigenvalue weighted by Gasteiger charge is 2.36. The molecular weight excluding hydrogens is 464 g/mol. The maximum absolute atomic E-state index is 11.7. The molecule has 9 nitrogen and oxygen atoms in total. The van der Waals surface area contributed by atoms with Gasteiger partial charge in [-0.2, -0.15) is 0 Å². The van der Waals surface area contributed by atoms with Gasteiger partial charge in [0.05, 0.1) is 18.9 Å². The van der Waals surface area contributed by atoms with E-state index in [1.807, 2.05) is 12.2 Å². The standard InChI is InChI=1S/C25H44N4O5Si/c1-24(2,3)34-23(31)29-13-11-14-32-20-17-18(22(27)30)16-19(26)21(20)28-12-9-10-15-33-35(7,8)25(4,5)6/h9-10,16-17,28H,11-15,26H2,1-8H3,(H2,27,30)(H,29,31)/b10-9+. The second-order valence-corrected chi connectivity index (χ2v) is 15.7. The smallest absolute Gasteiger partial charge is 0.407 e. The van der Waals surface area contributed by atoms with Crippen molar-refractivity contribution in [2.75, 3.05) is 37.4 Å². The maximum Gasteiger partial charge on any atom is 0.407 e. The van der Waals surface area contributed by atoms with Gasteiger partial charge in [-0.1, -0.05) is 32.9 Å². The van der Waals surface area contributed by atoms with Crippen LogP contribution in [0.15, 0.2) is 24.3 Å². The lowest BCUT2D eigenvalue weighted by molar-refractivity contribution is 0.0525. The van der Waals surface area contributed by atoms with Gasteiger partial charge in [0.15, 0.2) is 8.32 Å². The van der Waals surface area contributed by atoms with Gasteiger partial charge in [0, 0.05) is 18.7 Å². The fraction of sp³-hybridized carbons (Fsp3) is 0.600. The SMILES string of the molecule is CC(C)(C)OC(=O)NCCCOc1cc(C(N)=O)cc(N)c1NC/C=C/CO[Si](C)(C)C(C)(C)C. The predicted octanol–water partition coefficient (Wildman–Crippen LogP) is 4.65. The van der Waals surface area contributed by atoms with Gasteiger partial charge in [-0.05, 0) is 57.5 Å². The van der Waals surface area contributed by atoms with E-state index in [9.17, 15) is 9.59 Å². The number of carbonyl (C=O) groups is 2. The largest absolute Gasteiger partial charge is 0.491 e. The van der Waals surface area contributed by atoms with E-state index in [-0.39, 0.29) is 10.6 Å². The van der Waals surface area contributed by atoms with Crippen molar-refractivity contribution in [3.63, 3.8) is 0 Å². The molecule has 0 aromatic heterocycles. The van der Waals surface area contributed by atoms with Gasteiger partial charge in [-0.25, -0.2) is 4.79 Å². The monoisotopic (exact) mass is 508 g/mol. The van der Waals surface area contributed by atoms with Gasteiger partial charge in [0.1, 0.15) is 17.0 Å². The number of hydrogen-bond donors (Lipinski definition) is 4. The van der Waals surface area contributed by atoms with E-state index >= 15 is 0 Å². The number of nitrogens with two attached hydrogens (primary N) is 2. The molecule has 0 aliphatic rings. The molecule has 10 heteroatoms. The summed E-state index contributed by atoms with van der Waals surface area (Å²) in [4.78, 5) is 23.4. The molecule has 35 heavy (non-hydrogen) atoms. The molecule has 0 saturated heterocycles. The van der Waals surface area contributed by atoms with Crippen molar-refractivity contribution in [3.05, 3.63) is 29.8 Å². The highest BCUT2D eigenvalue weighted by Crippen LogP contribution is 2.36. The lowest BCUT2D eigenvalue weighted by Gasteiger charge is -2.35. The Labute approximate surface area is 211 Å². The third kappa shape index (κ3) is 11.0. The van der Waals surface area contributed by atoms with Crippen LogP contribution in [-0.4, -0.2) is 52.2 Å². The highest BCUT2D eigenvalue weighted by molar-refractivity contribution is 6.74. The molecule has 1 aromatic carbocycles. The van der Waals surface area contributed by atoms with Crippen LogP contribution >= 0.6 is 0 Å². The topological polar surface area (TPSA) is 138 Å². The first-order valence-electron chi connectivity index (χ1n) is 11.9.